The number of aryl methyl sites for hydroxylation is 1. The van der Waals surface area contributed by atoms with Gasteiger partial charge in [0, 0.05) is 24.7 Å². The molecule has 0 radical (unpaired) electrons. The van der Waals surface area contributed by atoms with Crippen LogP contribution in [0.3, 0.4) is 0 Å². The second-order valence-electron chi connectivity index (χ2n) is 7.16. The molecule has 0 aromatic heterocycles. The molecule has 1 heterocycles. The van der Waals surface area contributed by atoms with Crippen LogP contribution < -0.4 is 14.4 Å². The van der Waals surface area contributed by atoms with Crippen molar-refractivity contribution in [3.63, 3.8) is 0 Å². The lowest BCUT2D eigenvalue weighted by molar-refractivity contribution is 0.207. The number of hydrogen-bond acceptors (Lipinski definition) is 4. The Bertz CT molecular complexity index is 896. The quantitative estimate of drug-likeness (QED) is 0.534. The maximum Gasteiger partial charge on any atom is 0.419 e. The van der Waals surface area contributed by atoms with Crippen LogP contribution in [0, 0.1) is 0 Å². The highest BCUT2D eigenvalue weighted by atomic mass is 35.5. The first-order valence-electron chi connectivity index (χ1n) is 10.0. The minimum atomic E-state index is -0.390. The van der Waals surface area contributed by atoms with Gasteiger partial charge in [0.25, 0.3) is 0 Å². The van der Waals surface area contributed by atoms with Crippen molar-refractivity contribution in [1.29, 1.82) is 0 Å². The Morgan fingerprint density at radius 3 is 2.70 bits per heavy atom. The number of benzene rings is 2. The number of likely N-dealkylation sites (N-methyl/N-ethyl adjacent to an activating group) is 1. The zero-order chi connectivity index (χ0) is 21.3. The average molecular weight is 427 g/mol. The molecule has 1 aliphatic rings. The Balaban J connectivity index is 1.58. The number of carbonyl (C=O) groups is 1. The molecule has 0 N–H and O–H groups in total. The molecule has 5 nitrogen and oxygen atoms in total. The van der Waals surface area contributed by atoms with E-state index in [1.165, 1.54) is 0 Å². The monoisotopic (exact) mass is 426 g/mol. The van der Waals surface area contributed by atoms with Gasteiger partial charge in [0.1, 0.15) is 18.1 Å². The van der Waals surface area contributed by atoms with Crippen molar-refractivity contribution in [2.45, 2.75) is 12.8 Å². The van der Waals surface area contributed by atoms with E-state index in [0.717, 1.165) is 42.9 Å². The molecule has 0 bridgehead atoms. The van der Waals surface area contributed by atoms with Gasteiger partial charge in [-0.3, -0.25) is 9.80 Å². The second-order valence-corrected chi connectivity index (χ2v) is 7.60. The van der Waals surface area contributed by atoms with Gasteiger partial charge in [-0.25, -0.2) is 4.79 Å². The van der Waals surface area contributed by atoms with Gasteiger partial charge in [0.05, 0.1) is 5.69 Å². The van der Waals surface area contributed by atoms with Crippen LogP contribution in [0.4, 0.5) is 10.5 Å². The third kappa shape index (κ3) is 6.12. The van der Waals surface area contributed by atoms with Crippen molar-refractivity contribution in [1.82, 2.24) is 4.90 Å². The van der Waals surface area contributed by atoms with Crippen molar-refractivity contribution in [2.75, 3.05) is 38.2 Å². The molecular weight excluding hydrogens is 400 g/mol. The van der Waals surface area contributed by atoms with Gasteiger partial charge in [0.2, 0.25) is 0 Å². The summed E-state index contributed by atoms with van der Waals surface area (Å²) in [6.07, 6.45) is 7.36. The number of nitrogens with zero attached hydrogens (tertiary/aromatic N) is 2. The van der Waals surface area contributed by atoms with Gasteiger partial charge < -0.3 is 9.47 Å². The van der Waals surface area contributed by atoms with Gasteiger partial charge in [-0.05, 0) is 67.9 Å². The summed E-state index contributed by atoms with van der Waals surface area (Å²) in [6, 6.07) is 12.6. The van der Waals surface area contributed by atoms with E-state index in [1.54, 1.807) is 29.2 Å². The molecule has 3 rings (SSSR count). The smallest absolute Gasteiger partial charge is 0.419 e. The van der Waals surface area contributed by atoms with Gasteiger partial charge in [0.15, 0.2) is 0 Å². The Labute approximate surface area is 183 Å². The maximum absolute atomic E-state index is 12.7. The van der Waals surface area contributed by atoms with E-state index >= 15 is 0 Å². The van der Waals surface area contributed by atoms with Crippen LogP contribution in [-0.2, 0) is 6.42 Å². The fraction of sp³-hybridized carbons (Fsp3) is 0.292. The number of ether oxygens (including phenoxy) is 2. The molecule has 2 aromatic carbocycles. The lowest BCUT2D eigenvalue weighted by Crippen LogP contribution is -2.37. The van der Waals surface area contributed by atoms with Crippen LogP contribution >= 0.6 is 11.6 Å². The summed E-state index contributed by atoms with van der Waals surface area (Å²) in [5.74, 6) is 1.27. The van der Waals surface area contributed by atoms with Crippen LogP contribution in [0.15, 0.2) is 67.3 Å². The zero-order valence-corrected chi connectivity index (χ0v) is 18.0. The van der Waals surface area contributed by atoms with E-state index < -0.39 is 6.09 Å². The predicted octanol–water partition coefficient (Wildman–Crippen LogP) is 5.34. The number of amides is 1. The van der Waals surface area contributed by atoms with Gasteiger partial charge in [-0.15, -0.1) is 6.58 Å². The van der Waals surface area contributed by atoms with Crippen molar-refractivity contribution in [2.24, 2.45) is 0 Å². The summed E-state index contributed by atoms with van der Waals surface area (Å²) < 4.78 is 11.3. The highest BCUT2D eigenvalue weighted by Gasteiger charge is 2.24. The van der Waals surface area contributed by atoms with Gasteiger partial charge >= 0.3 is 6.09 Å². The molecule has 1 amide bonds. The number of anilines is 1. The molecule has 0 saturated heterocycles. The highest BCUT2D eigenvalue weighted by molar-refractivity contribution is 6.30. The molecule has 0 spiro atoms. The minimum Gasteiger partial charge on any atom is -0.490 e. The van der Waals surface area contributed by atoms with Gasteiger partial charge in [-0.1, -0.05) is 29.8 Å². The second kappa shape index (κ2) is 10.9. The fourth-order valence-electron chi connectivity index (χ4n) is 3.27. The molecular formula is C24H27ClN2O3. The van der Waals surface area contributed by atoms with E-state index in [0.29, 0.717) is 23.9 Å². The number of carbonyl (C=O) groups excluding carboxylic acids is 1. The Kier molecular flexibility index (Phi) is 7.94. The van der Waals surface area contributed by atoms with E-state index in [2.05, 4.69) is 17.6 Å². The van der Waals surface area contributed by atoms with Crippen molar-refractivity contribution in [3.8, 4) is 11.5 Å². The molecule has 0 atom stereocenters. The van der Waals surface area contributed by atoms with Crippen molar-refractivity contribution in [3.05, 3.63) is 77.9 Å². The zero-order valence-electron chi connectivity index (χ0n) is 17.2. The van der Waals surface area contributed by atoms with E-state index in [1.807, 2.05) is 37.4 Å². The summed E-state index contributed by atoms with van der Waals surface area (Å²) >= 11 is 5.89. The van der Waals surface area contributed by atoms with Crippen LogP contribution in [-0.4, -0.2) is 44.3 Å². The summed E-state index contributed by atoms with van der Waals surface area (Å²) in [5.41, 5.74) is 1.95. The number of fused-ring (bicyclic) bond motifs is 1. The number of halogens is 1. The topological polar surface area (TPSA) is 42.0 Å². The van der Waals surface area contributed by atoms with Crippen LogP contribution in [0.2, 0.25) is 5.02 Å². The standard InChI is InChI=1S/C24H27ClN2O3/c1-3-14-26(2)15-4-5-17-29-22-12-13-23-19(18-22)7-6-16-27(23)24(28)30-21-10-8-20(25)9-11-21/h3-5,8-13,18H,1,6-7,14-17H2,2H3/b5-4+. The normalized spacial score (nSPS) is 13.4. The number of hydrogen-bond donors (Lipinski definition) is 0. The Morgan fingerprint density at radius 2 is 1.93 bits per heavy atom. The molecule has 0 unspecified atom stereocenters. The molecule has 6 heteroatoms. The molecule has 0 aliphatic carbocycles. The molecule has 0 fully saturated rings. The summed E-state index contributed by atoms with van der Waals surface area (Å²) in [4.78, 5) is 16.5. The maximum atomic E-state index is 12.7. The SMILES string of the molecule is C=CCN(C)C/C=C/COc1ccc2c(c1)CCCN2C(=O)Oc1ccc(Cl)cc1. The highest BCUT2D eigenvalue weighted by Crippen LogP contribution is 2.31. The van der Waals surface area contributed by atoms with E-state index in [-0.39, 0.29) is 0 Å². The summed E-state index contributed by atoms with van der Waals surface area (Å²) in [5, 5.41) is 0.601. The lowest BCUT2D eigenvalue weighted by Gasteiger charge is -2.29. The molecule has 158 valence electrons. The van der Waals surface area contributed by atoms with Crippen molar-refractivity contribution < 1.29 is 14.3 Å². The van der Waals surface area contributed by atoms with Gasteiger partial charge in [-0.2, -0.15) is 0 Å². The molecule has 30 heavy (non-hydrogen) atoms. The molecule has 1 aliphatic heterocycles. The fourth-order valence-corrected chi connectivity index (χ4v) is 3.40. The predicted molar refractivity (Wildman–Crippen MR) is 122 cm³/mol. The third-order valence-electron chi connectivity index (χ3n) is 4.78. The van der Waals surface area contributed by atoms with Crippen LogP contribution in [0.5, 0.6) is 11.5 Å². The van der Waals surface area contributed by atoms with E-state index in [4.69, 9.17) is 21.1 Å². The minimum absolute atomic E-state index is 0.390. The van der Waals surface area contributed by atoms with E-state index in [9.17, 15) is 4.79 Å². The Morgan fingerprint density at radius 1 is 1.17 bits per heavy atom. The third-order valence-corrected chi connectivity index (χ3v) is 5.03. The largest absolute Gasteiger partial charge is 0.490 e. The summed E-state index contributed by atoms with van der Waals surface area (Å²) in [7, 11) is 2.04. The first-order chi connectivity index (χ1) is 14.6. The Hall–Kier alpha value is -2.76. The first-order valence-corrected chi connectivity index (χ1v) is 10.4. The van der Waals surface area contributed by atoms with Crippen LogP contribution in [0.1, 0.15) is 12.0 Å². The summed E-state index contributed by atoms with van der Waals surface area (Å²) in [6.45, 7) is 6.57. The first kappa shape index (κ1) is 21.9. The molecule has 2 aromatic rings. The molecule has 0 saturated carbocycles. The lowest BCUT2D eigenvalue weighted by atomic mass is 10.0. The van der Waals surface area contributed by atoms with Crippen molar-refractivity contribution >= 4 is 23.4 Å². The number of rotatable bonds is 8. The average Bonchev–Trinajstić information content (AvgIpc) is 2.74. The van der Waals surface area contributed by atoms with Crippen LogP contribution in [0.25, 0.3) is 0 Å².